The molecule has 31 heavy (non-hydrogen) atoms. The second kappa shape index (κ2) is 9.15. The van der Waals surface area contributed by atoms with E-state index in [2.05, 4.69) is 5.32 Å². The molecule has 1 N–H and O–H groups in total. The third kappa shape index (κ3) is 4.77. The number of sulfonamides is 1. The molecule has 2 atom stereocenters. The molecule has 2 aromatic rings. The summed E-state index contributed by atoms with van der Waals surface area (Å²) in [5.74, 6) is -3.28. The lowest BCUT2D eigenvalue weighted by atomic mass is 9.87. The topological polar surface area (TPSA) is 92.8 Å². The van der Waals surface area contributed by atoms with Crippen LogP contribution in [-0.4, -0.2) is 50.7 Å². The molecule has 9 heteroatoms. The van der Waals surface area contributed by atoms with Gasteiger partial charge in [-0.05, 0) is 32.0 Å². The van der Waals surface area contributed by atoms with Gasteiger partial charge in [-0.25, -0.2) is 12.8 Å². The Bertz CT molecular complexity index is 1070. The number of nitrogens with zero attached hydrogens (tertiary/aromatic N) is 1. The maximum Gasteiger partial charge on any atom is 0.243 e. The number of hydrogen-bond acceptors (Lipinski definition) is 5. The van der Waals surface area contributed by atoms with Crippen LogP contribution in [0.1, 0.15) is 24.2 Å². The number of halogens is 1. The fourth-order valence-electron chi connectivity index (χ4n) is 3.66. The smallest absolute Gasteiger partial charge is 0.243 e. The molecular formula is C22H25FN2O5S. The molecule has 0 aliphatic carbocycles. The van der Waals surface area contributed by atoms with Crippen LogP contribution in [-0.2, 0) is 14.8 Å². The standard InChI is InChI=1S/C22H25FN2O5S/c1-14(2)24-22(27)18-13-25(12-17(18)21(26)15-7-5-4-6-8-15)31(28,29)16-9-10-20(30-3)19(23)11-16/h4-11,14,17-18H,12-13H2,1-3H3,(H,24,27)/t17-,18-/m1/s1. The van der Waals surface area contributed by atoms with E-state index >= 15 is 0 Å². The number of carbonyl (C=O) groups excluding carboxylic acids is 2. The molecule has 0 spiro atoms. The lowest BCUT2D eigenvalue weighted by Gasteiger charge is -2.18. The Hall–Kier alpha value is -2.78. The van der Waals surface area contributed by atoms with Crippen LogP contribution in [0.3, 0.4) is 0 Å². The van der Waals surface area contributed by atoms with E-state index in [1.165, 1.54) is 19.2 Å². The Balaban J connectivity index is 1.94. The van der Waals surface area contributed by atoms with Gasteiger partial charge in [0, 0.05) is 30.6 Å². The third-order valence-electron chi connectivity index (χ3n) is 5.21. The summed E-state index contributed by atoms with van der Waals surface area (Å²) in [6.45, 7) is 3.24. The minimum atomic E-state index is -4.12. The number of amides is 1. The molecule has 1 heterocycles. The molecule has 0 bridgehead atoms. The highest BCUT2D eigenvalue weighted by atomic mass is 32.2. The zero-order valence-electron chi connectivity index (χ0n) is 17.5. The molecule has 1 saturated heterocycles. The lowest BCUT2D eigenvalue weighted by Crippen LogP contribution is -2.40. The molecule has 3 rings (SSSR count). The number of nitrogens with one attached hydrogen (secondary N) is 1. The van der Waals surface area contributed by atoms with E-state index in [1.807, 2.05) is 0 Å². The number of carbonyl (C=O) groups is 2. The van der Waals surface area contributed by atoms with E-state index < -0.39 is 27.7 Å². The summed E-state index contributed by atoms with van der Waals surface area (Å²) < 4.78 is 46.3. The summed E-state index contributed by atoms with van der Waals surface area (Å²) in [4.78, 5) is 25.6. The molecule has 1 aliphatic rings. The second-order valence-corrected chi connectivity index (χ2v) is 9.66. The van der Waals surface area contributed by atoms with Crippen molar-refractivity contribution >= 4 is 21.7 Å². The van der Waals surface area contributed by atoms with Crippen LogP contribution >= 0.6 is 0 Å². The van der Waals surface area contributed by atoms with Gasteiger partial charge in [0.05, 0.1) is 17.9 Å². The molecule has 0 radical (unpaired) electrons. The summed E-state index contributed by atoms with van der Waals surface area (Å²) in [6, 6.07) is 11.6. The van der Waals surface area contributed by atoms with Gasteiger partial charge in [0.2, 0.25) is 15.9 Å². The molecule has 0 unspecified atom stereocenters. The zero-order valence-corrected chi connectivity index (χ0v) is 18.4. The van der Waals surface area contributed by atoms with E-state index in [0.717, 1.165) is 10.4 Å². The predicted molar refractivity (Wildman–Crippen MR) is 113 cm³/mol. The summed E-state index contributed by atoms with van der Waals surface area (Å²) in [5.41, 5.74) is 0.407. The van der Waals surface area contributed by atoms with Crippen molar-refractivity contribution < 1.29 is 27.1 Å². The third-order valence-corrected chi connectivity index (χ3v) is 7.04. The molecule has 2 aromatic carbocycles. The number of methoxy groups -OCH3 is 1. The Labute approximate surface area is 181 Å². The Morgan fingerprint density at radius 3 is 2.32 bits per heavy atom. The number of ketones is 1. The largest absolute Gasteiger partial charge is 0.494 e. The summed E-state index contributed by atoms with van der Waals surface area (Å²) in [7, 11) is -2.84. The predicted octanol–water partition coefficient (Wildman–Crippen LogP) is 2.48. The van der Waals surface area contributed by atoms with Crippen LogP contribution in [0.2, 0.25) is 0 Å². The average Bonchev–Trinajstić information content (AvgIpc) is 3.20. The number of hydrogen-bond donors (Lipinski definition) is 1. The van der Waals surface area contributed by atoms with E-state index in [-0.39, 0.29) is 41.5 Å². The quantitative estimate of drug-likeness (QED) is 0.657. The summed E-state index contributed by atoms with van der Waals surface area (Å²) in [6.07, 6.45) is 0. The van der Waals surface area contributed by atoms with Gasteiger partial charge in [0.15, 0.2) is 17.3 Å². The molecular weight excluding hydrogens is 423 g/mol. The first-order valence-corrected chi connectivity index (χ1v) is 11.3. The fourth-order valence-corrected chi connectivity index (χ4v) is 5.16. The molecule has 0 aromatic heterocycles. The maximum absolute atomic E-state index is 14.1. The lowest BCUT2D eigenvalue weighted by molar-refractivity contribution is -0.125. The van der Waals surface area contributed by atoms with Gasteiger partial charge >= 0.3 is 0 Å². The highest BCUT2D eigenvalue weighted by Gasteiger charge is 2.46. The highest BCUT2D eigenvalue weighted by Crippen LogP contribution is 2.32. The average molecular weight is 449 g/mol. The first kappa shape index (κ1) is 22.9. The van der Waals surface area contributed by atoms with E-state index in [4.69, 9.17) is 4.74 Å². The molecule has 7 nitrogen and oxygen atoms in total. The van der Waals surface area contributed by atoms with Crippen molar-refractivity contribution in [1.82, 2.24) is 9.62 Å². The Kier molecular flexibility index (Phi) is 6.76. The Morgan fingerprint density at radius 2 is 1.74 bits per heavy atom. The SMILES string of the molecule is COc1ccc(S(=O)(=O)N2C[C@@H](C(=O)NC(C)C)[C@H](C(=O)c3ccccc3)C2)cc1F. The van der Waals surface area contributed by atoms with Crippen molar-refractivity contribution in [1.29, 1.82) is 0 Å². The number of rotatable bonds is 7. The van der Waals surface area contributed by atoms with Gasteiger partial charge in [-0.1, -0.05) is 30.3 Å². The molecule has 1 fully saturated rings. The molecule has 0 saturated carbocycles. The van der Waals surface area contributed by atoms with E-state index in [1.54, 1.807) is 44.2 Å². The second-order valence-electron chi connectivity index (χ2n) is 7.72. The normalized spacial score (nSPS) is 19.4. The van der Waals surface area contributed by atoms with Crippen molar-refractivity contribution in [2.24, 2.45) is 11.8 Å². The van der Waals surface area contributed by atoms with Crippen molar-refractivity contribution in [3.05, 3.63) is 59.9 Å². The van der Waals surface area contributed by atoms with Gasteiger partial charge in [-0.2, -0.15) is 4.31 Å². The molecule has 1 aliphatic heterocycles. The van der Waals surface area contributed by atoms with Gasteiger partial charge in [0.25, 0.3) is 0 Å². The van der Waals surface area contributed by atoms with Crippen LogP contribution in [0.25, 0.3) is 0 Å². The van der Waals surface area contributed by atoms with Crippen LogP contribution in [0.5, 0.6) is 5.75 Å². The monoisotopic (exact) mass is 448 g/mol. The van der Waals surface area contributed by atoms with Crippen molar-refractivity contribution in [2.75, 3.05) is 20.2 Å². The van der Waals surface area contributed by atoms with Gasteiger partial charge in [-0.3, -0.25) is 9.59 Å². The maximum atomic E-state index is 14.1. The van der Waals surface area contributed by atoms with Crippen molar-refractivity contribution in [3.63, 3.8) is 0 Å². The van der Waals surface area contributed by atoms with E-state index in [0.29, 0.717) is 5.56 Å². The van der Waals surface area contributed by atoms with Crippen LogP contribution in [0, 0.1) is 17.7 Å². The van der Waals surface area contributed by atoms with E-state index in [9.17, 15) is 22.4 Å². The Morgan fingerprint density at radius 1 is 1.10 bits per heavy atom. The first-order chi connectivity index (χ1) is 14.6. The minimum absolute atomic E-state index is 0.0771. The first-order valence-electron chi connectivity index (χ1n) is 9.88. The van der Waals surface area contributed by atoms with Crippen LogP contribution in [0.4, 0.5) is 4.39 Å². The zero-order chi connectivity index (χ0) is 22.8. The summed E-state index contributed by atoms with van der Waals surface area (Å²) >= 11 is 0. The fraction of sp³-hybridized carbons (Fsp3) is 0.364. The van der Waals surface area contributed by atoms with Crippen molar-refractivity contribution in [3.8, 4) is 5.75 Å². The van der Waals surface area contributed by atoms with Gasteiger partial charge in [-0.15, -0.1) is 0 Å². The minimum Gasteiger partial charge on any atom is -0.494 e. The number of benzene rings is 2. The van der Waals surface area contributed by atoms with Crippen LogP contribution < -0.4 is 10.1 Å². The van der Waals surface area contributed by atoms with Gasteiger partial charge < -0.3 is 10.1 Å². The number of Topliss-reactive ketones (excluding diaryl/α,β-unsaturated/α-hetero) is 1. The van der Waals surface area contributed by atoms with Crippen LogP contribution in [0.15, 0.2) is 53.4 Å². The number of ether oxygens (including phenoxy) is 1. The molecule has 1 amide bonds. The van der Waals surface area contributed by atoms with Crippen molar-refractivity contribution in [2.45, 2.75) is 24.8 Å². The molecule has 166 valence electrons. The summed E-state index contributed by atoms with van der Waals surface area (Å²) in [5, 5.41) is 2.77. The highest BCUT2D eigenvalue weighted by molar-refractivity contribution is 7.89. The van der Waals surface area contributed by atoms with Gasteiger partial charge in [0.1, 0.15) is 0 Å².